The summed E-state index contributed by atoms with van der Waals surface area (Å²) in [7, 11) is 0. The molecular formula is C19H16N8O2. The number of imidazole rings is 1. The minimum atomic E-state index is -0.305. The number of amides is 1. The molecule has 1 amide bonds. The highest BCUT2D eigenvalue weighted by Gasteiger charge is 2.12. The molecule has 0 unspecified atom stereocenters. The Balaban J connectivity index is 1.51. The predicted molar refractivity (Wildman–Crippen MR) is 108 cm³/mol. The number of aromatic nitrogens is 4. The van der Waals surface area contributed by atoms with Gasteiger partial charge in [-0.05, 0) is 30.3 Å². The summed E-state index contributed by atoms with van der Waals surface area (Å²) < 4.78 is 5.25. The van der Waals surface area contributed by atoms with Crippen molar-refractivity contribution in [3.8, 4) is 11.4 Å². The van der Waals surface area contributed by atoms with Crippen LogP contribution in [0, 0.1) is 5.41 Å². The summed E-state index contributed by atoms with van der Waals surface area (Å²) in [6.45, 7) is 0. The summed E-state index contributed by atoms with van der Waals surface area (Å²) in [6, 6.07) is 12.4. The van der Waals surface area contributed by atoms with Crippen molar-refractivity contribution in [3.63, 3.8) is 0 Å². The first-order valence-electron chi connectivity index (χ1n) is 8.53. The van der Waals surface area contributed by atoms with Crippen LogP contribution in [-0.2, 0) is 0 Å². The van der Waals surface area contributed by atoms with E-state index in [0.29, 0.717) is 39.7 Å². The molecule has 2 aromatic heterocycles. The summed E-state index contributed by atoms with van der Waals surface area (Å²) in [5.74, 6) is 0.0494. The van der Waals surface area contributed by atoms with Gasteiger partial charge in [0, 0.05) is 34.4 Å². The molecule has 2 heterocycles. The van der Waals surface area contributed by atoms with Crippen molar-refractivity contribution >= 4 is 35.2 Å². The van der Waals surface area contributed by atoms with Gasteiger partial charge < -0.3 is 31.3 Å². The number of carbonyl (C=O) groups excluding carboxylic acids is 1. The molecule has 0 fully saturated rings. The number of nitrogens with zero attached hydrogens (tertiary/aromatic N) is 3. The number of hydrogen-bond acceptors (Lipinski definition) is 8. The molecule has 10 nitrogen and oxygen atoms in total. The number of hydrogen-bond donors (Lipinski definition) is 5. The van der Waals surface area contributed by atoms with Gasteiger partial charge in [0.15, 0.2) is 0 Å². The Kier molecular flexibility index (Phi) is 4.72. The second-order valence-electron chi connectivity index (χ2n) is 6.04. The molecule has 2 aromatic carbocycles. The molecule has 0 aliphatic rings. The highest BCUT2D eigenvalue weighted by Crippen LogP contribution is 2.24. The molecule has 0 aliphatic carbocycles. The minimum absolute atomic E-state index is 0.188. The van der Waals surface area contributed by atoms with Crippen LogP contribution in [0.25, 0.3) is 11.4 Å². The average molecular weight is 388 g/mol. The highest BCUT2D eigenvalue weighted by molar-refractivity contribution is 6.02. The van der Waals surface area contributed by atoms with Crippen LogP contribution in [0.4, 0.5) is 23.1 Å². The van der Waals surface area contributed by atoms with Gasteiger partial charge in [-0.3, -0.25) is 4.79 Å². The lowest BCUT2D eigenvalue weighted by molar-refractivity contribution is 0.102. The fraction of sp³-hybridized carbons (Fsp3) is 0. The molecule has 10 heteroatoms. The first-order valence-corrected chi connectivity index (χ1v) is 8.53. The van der Waals surface area contributed by atoms with Gasteiger partial charge in [-0.2, -0.15) is 4.98 Å². The van der Waals surface area contributed by atoms with E-state index in [9.17, 15) is 4.79 Å². The second kappa shape index (κ2) is 7.64. The molecule has 0 aliphatic heterocycles. The van der Waals surface area contributed by atoms with Crippen molar-refractivity contribution in [1.29, 1.82) is 5.41 Å². The quantitative estimate of drug-likeness (QED) is 0.251. The van der Waals surface area contributed by atoms with Crippen LogP contribution in [0.3, 0.4) is 0 Å². The van der Waals surface area contributed by atoms with Gasteiger partial charge in [0.05, 0.1) is 12.5 Å². The van der Waals surface area contributed by atoms with Gasteiger partial charge >= 0.3 is 6.01 Å². The third kappa shape index (κ3) is 3.95. The van der Waals surface area contributed by atoms with E-state index in [1.807, 2.05) is 0 Å². The number of H-pyrrole nitrogens is 1. The number of aromatic amines is 1. The Morgan fingerprint density at radius 2 is 2.10 bits per heavy atom. The zero-order valence-electron chi connectivity index (χ0n) is 15.0. The van der Waals surface area contributed by atoms with Crippen LogP contribution in [0.5, 0.6) is 0 Å². The van der Waals surface area contributed by atoms with Crippen molar-refractivity contribution in [2.45, 2.75) is 0 Å². The monoisotopic (exact) mass is 388 g/mol. The van der Waals surface area contributed by atoms with E-state index in [1.54, 1.807) is 42.5 Å². The van der Waals surface area contributed by atoms with Crippen LogP contribution in [0.2, 0.25) is 0 Å². The molecule has 4 aromatic rings. The summed E-state index contributed by atoms with van der Waals surface area (Å²) >= 11 is 0. The largest absolute Gasteiger partial charge is 0.398 e. The fourth-order valence-electron chi connectivity index (χ4n) is 2.61. The van der Waals surface area contributed by atoms with Crippen LogP contribution in [-0.4, -0.2) is 32.2 Å². The SMILES string of the molecule is N=Cc1cc(Nc2nc(-c3cccc(NC(=O)c4cnc[nH]4)c3)no2)ccc1N. The maximum Gasteiger partial charge on any atom is 0.326 e. The smallest absolute Gasteiger partial charge is 0.326 e. The molecule has 0 bridgehead atoms. The van der Waals surface area contributed by atoms with E-state index in [0.717, 1.165) is 0 Å². The number of nitrogens with two attached hydrogens (primary N) is 1. The molecule has 0 saturated carbocycles. The molecule has 4 rings (SSSR count). The Bertz CT molecular complexity index is 1170. The minimum Gasteiger partial charge on any atom is -0.398 e. The molecule has 0 radical (unpaired) electrons. The number of benzene rings is 2. The summed E-state index contributed by atoms with van der Waals surface area (Å²) in [6.07, 6.45) is 4.05. The van der Waals surface area contributed by atoms with Gasteiger partial charge in [-0.25, -0.2) is 4.98 Å². The maximum atomic E-state index is 12.1. The normalized spacial score (nSPS) is 10.5. The fourth-order valence-corrected chi connectivity index (χ4v) is 2.61. The number of rotatable bonds is 6. The Labute approximate surface area is 164 Å². The van der Waals surface area contributed by atoms with Crippen LogP contribution in [0.15, 0.2) is 59.5 Å². The summed E-state index contributed by atoms with van der Waals surface area (Å²) in [5.41, 5.74) is 9.14. The van der Waals surface area contributed by atoms with Crippen LogP contribution in [0.1, 0.15) is 16.1 Å². The van der Waals surface area contributed by atoms with E-state index in [4.69, 9.17) is 15.7 Å². The van der Waals surface area contributed by atoms with Crippen LogP contribution < -0.4 is 16.4 Å². The van der Waals surface area contributed by atoms with E-state index in [2.05, 4.69) is 30.7 Å². The molecule has 29 heavy (non-hydrogen) atoms. The van der Waals surface area contributed by atoms with Gasteiger partial charge in [0.2, 0.25) is 5.82 Å². The van der Waals surface area contributed by atoms with Gasteiger partial charge in [-0.15, -0.1) is 0 Å². The zero-order chi connectivity index (χ0) is 20.2. The molecule has 144 valence electrons. The lowest BCUT2D eigenvalue weighted by Crippen LogP contribution is -2.12. The highest BCUT2D eigenvalue weighted by atomic mass is 16.5. The number of nitrogens with one attached hydrogen (secondary N) is 4. The molecule has 0 saturated heterocycles. The lowest BCUT2D eigenvalue weighted by Gasteiger charge is -2.05. The number of nitrogen functional groups attached to an aromatic ring is 1. The lowest BCUT2D eigenvalue weighted by atomic mass is 10.2. The van der Waals surface area contributed by atoms with Crippen molar-refractivity contribution in [2.75, 3.05) is 16.4 Å². The number of carbonyl (C=O) groups is 1. The Hall–Kier alpha value is -4.47. The standard InChI is InChI=1S/C19H16N8O2/c20-8-12-7-14(4-5-15(12)21)25-19-26-17(27-29-19)11-2-1-3-13(6-11)24-18(28)16-9-22-10-23-16/h1-10,20H,21H2,(H,22,23)(H,24,28)(H,25,26,27). The van der Waals surface area contributed by atoms with E-state index >= 15 is 0 Å². The van der Waals surface area contributed by atoms with Crippen molar-refractivity contribution in [2.24, 2.45) is 0 Å². The second-order valence-corrected chi connectivity index (χ2v) is 6.04. The Morgan fingerprint density at radius 3 is 2.90 bits per heavy atom. The van der Waals surface area contributed by atoms with E-state index < -0.39 is 0 Å². The number of anilines is 4. The summed E-state index contributed by atoms with van der Waals surface area (Å²) in [5, 5.41) is 17.1. The van der Waals surface area contributed by atoms with E-state index in [1.165, 1.54) is 18.7 Å². The third-order valence-electron chi connectivity index (χ3n) is 4.04. The zero-order valence-corrected chi connectivity index (χ0v) is 15.0. The average Bonchev–Trinajstić information content (AvgIpc) is 3.42. The van der Waals surface area contributed by atoms with Crippen molar-refractivity contribution < 1.29 is 9.32 Å². The first kappa shape index (κ1) is 17.9. The van der Waals surface area contributed by atoms with Gasteiger partial charge in [0.1, 0.15) is 5.69 Å². The molecule has 6 N–H and O–H groups in total. The van der Waals surface area contributed by atoms with Crippen LogP contribution >= 0.6 is 0 Å². The molecular weight excluding hydrogens is 372 g/mol. The molecule has 0 atom stereocenters. The topological polar surface area (TPSA) is 159 Å². The first-order chi connectivity index (χ1) is 14.1. The van der Waals surface area contributed by atoms with Crippen molar-refractivity contribution in [3.05, 3.63) is 66.2 Å². The Morgan fingerprint density at radius 1 is 1.21 bits per heavy atom. The van der Waals surface area contributed by atoms with Gasteiger partial charge in [-0.1, -0.05) is 17.3 Å². The van der Waals surface area contributed by atoms with E-state index in [-0.39, 0.29) is 11.9 Å². The molecule has 0 spiro atoms. The third-order valence-corrected chi connectivity index (χ3v) is 4.04. The maximum absolute atomic E-state index is 12.1. The van der Waals surface area contributed by atoms with Crippen molar-refractivity contribution in [1.82, 2.24) is 20.1 Å². The van der Waals surface area contributed by atoms with Gasteiger partial charge in [0.25, 0.3) is 5.91 Å². The predicted octanol–water partition coefficient (Wildman–Crippen LogP) is 3.04. The summed E-state index contributed by atoms with van der Waals surface area (Å²) in [4.78, 5) is 23.0.